The molecule has 2 aliphatic rings. The second kappa shape index (κ2) is 8.72. The Morgan fingerprint density at radius 1 is 1.14 bits per heavy atom. The molecule has 1 N–H and O–H groups in total. The maximum absolute atomic E-state index is 14.8. The van der Waals surface area contributed by atoms with Gasteiger partial charge in [0.2, 0.25) is 0 Å². The van der Waals surface area contributed by atoms with E-state index >= 15 is 0 Å². The summed E-state index contributed by atoms with van der Waals surface area (Å²) in [7, 11) is 0. The number of hydrogen-bond donors (Lipinski definition) is 1. The normalized spacial score (nSPS) is 14.9. The molecule has 4 aromatic rings. The van der Waals surface area contributed by atoms with E-state index < -0.39 is 5.82 Å². The first kappa shape index (κ1) is 22.2. The van der Waals surface area contributed by atoms with Crippen molar-refractivity contribution in [2.45, 2.75) is 45.2 Å². The Morgan fingerprint density at radius 2 is 2.00 bits per heavy atom. The molecule has 1 aliphatic carbocycles. The maximum Gasteiger partial charge on any atom is 0.272 e. The number of rotatable bonds is 4. The highest BCUT2D eigenvalue weighted by Gasteiger charge is 2.33. The van der Waals surface area contributed by atoms with Crippen LogP contribution in [0.1, 0.15) is 64.5 Å². The number of fused-ring (bicyclic) bond motifs is 2. The fourth-order valence-electron chi connectivity index (χ4n) is 4.78. The van der Waals surface area contributed by atoms with Crippen LogP contribution in [0.3, 0.4) is 0 Å². The van der Waals surface area contributed by atoms with Crippen LogP contribution in [0.5, 0.6) is 0 Å². The van der Waals surface area contributed by atoms with Crippen LogP contribution in [0.15, 0.2) is 41.2 Å². The zero-order valence-electron chi connectivity index (χ0n) is 19.7. The first-order chi connectivity index (χ1) is 17.5. The molecule has 0 saturated heterocycles. The van der Waals surface area contributed by atoms with Crippen molar-refractivity contribution in [1.82, 2.24) is 29.9 Å². The van der Waals surface area contributed by atoms with E-state index in [-0.39, 0.29) is 17.0 Å². The van der Waals surface area contributed by atoms with Gasteiger partial charge in [-0.25, -0.2) is 9.49 Å². The molecular weight excluding hydrogens is 459 g/mol. The maximum atomic E-state index is 14.8. The Labute approximate surface area is 206 Å². The number of hydrogen-bond acceptors (Lipinski definition) is 5. The highest BCUT2D eigenvalue weighted by molar-refractivity contribution is 5.94. The molecule has 9 heteroatoms. The van der Waals surface area contributed by atoms with Crippen molar-refractivity contribution in [1.29, 1.82) is 0 Å². The van der Waals surface area contributed by atoms with Gasteiger partial charge in [0.1, 0.15) is 11.6 Å². The van der Waals surface area contributed by atoms with Gasteiger partial charge in [0.25, 0.3) is 11.5 Å². The van der Waals surface area contributed by atoms with Gasteiger partial charge in [-0.1, -0.05) is 12.0 Å². The van der Waals surface area contributed by atoms with E-state index in [0.717, 1.165) is 30.1 Å². The molecule has 3 heterocycles. The molecule has 0 unspecified atom stereocenters. The molecule has 0 spiro atoms. The molecule has 6 rings (SSSR count). The highest BCUT2D eigenvalue weighted by atomic mass is 19.1. The lowest BCUT2D eigenvalue weighted by Crippen LogP contribution is -2.39. The van der Waals surface area contributed by atoms with Crippen molar-refractivity contribution < 1.29 is 9.18 Å². The average Bonchev–Trinajstić information content (AvgIpc) is 3.65. The predicted molar refractivity (Wildman–Crippen MR) is 131 cm³/mol. The van der Waals surface area contributed by atoms with Crippen LogP contribution in [0.25, 0.3) is 10.8 Å². The summed E-state index contributed by atoms with van der Waals surface area (Å²) in [6.07, 6.45) is 2.58. The number of halogens is 1. The number of H-pyrrole nitrogens is 1. The van der Waals surface area contributed by atoms with Crippen LogP contribution >= 0.6 is 0 Å². The molecule has 180 valence electrons. The Balaban J connectivity index is 1.29. The quantitative estimate of drug-likeness (QED) is 0.451. The van der Waals surface area contributed by atoms with Crippen LogP contribution < -0.4 is 5.56 Å². The number of nitrogens with zero attached hydrogens (tertiary/aromatic N) is 5. The van der Waals surface area contributed by atoms with E-state index in [1.807, 2.05) is 6.07 Å². The minimum absolute atomic E-state index is 0.00847. The van der Waals surface area contributed by atoms with Gasteiger partial charge in [-0.05, 0) is 55.7 Å². The second-order valence-electron chi connectivity index (χ2n) is 9.25. The number of carbonyl (C=O) groups is 1. The molecular formula is C27H23FN6O2. The van der Waals surface area contributed by atoms with Crippen molar-refractivity contribution in [2.75, 3.05) is 6.54 Å². The number of aromatic nitrogens is 5. The largest absolute Gasteiger partial charge is 0.329 e. The number of nitrogens with one attached hydrogen (secondary N) is 1. The molecule has 1 saturated carbocycles. The zero-order valence-corrected chi connectivity index (χ0v) is 19.7. The van der Waals surface area contributed by atoms with E-state index in [1.54, 1.807) is 36.1 Å². The van der Waals surface area contributed by atoms with Crippen molar-refractivity contribution in [3.8, 4) is 11.8 Å². The third-order valence-corrected chi connectivity index (χ3v) is 6.78. The second-order valence-corrected chi connectivity index (χ2v) is 9.25. The van der Waals surface area contributed by atoms with Gasteiger partial charge in [-0.3, -0.25) is 9.59 Å². The zero-order chi connectivity index (χ0) is 24.8. The molecule has 2 aromatic heterocycles. The van der Waals surface area contributed by atoms with E-state index in [9.17, 15) is 14.0 Å². The third kappa shape index (κ3) is 3.94. The Morgan fingerprint density at radius 3 is 2.81 bits per heavy atom. The standard InChI is InChI=1S/C27H23FN6O2/c1-2-3-16-4-8-19-20(12-16)23(29-32-26(19)35)14-17-5-9-22(28)21(13-17)27(36)33-10-11-34-24(15-33)30-31-25(34)18-6-7-18/h4-5,8-9,12-13,18H,6-7,10-11,14-15H2,1H3,(H,32,35). The van der Waals surface area contributed by atoms with E-state index in [4.69, 9.17) is 0 Å². The summed E-state index contributed by atoms with van der Waals surface area (Å²) in [4.78, 5) is 27.2. The van der Waals surface area contributed by atoms with Crippen LogP contribution in [-0.2, 0) is 19.5 Å². The minimum atomic E-state index is -0.575. The summed E-state index contributed by atoms with van der Waals surface area (Å²) >= 11 is 0. The van der Waals surface area contributed by atoms with Gasteiger partial charge in [0.05, 0.1) is 23.2 Å². The summed E-state index contributed by atoms with van der Waals surface area (Å²) in [6.45, 7) is 3.13. The molecule has 1 amide bonds. The van der Waals surface area contributed by atoms with Crippen molar-refractivity contribution in [3.05, 3.63) is 86.6 Å². The molecule has 0 bridgehead atoms. The van der Waals surface area contributed by atoms with E-state index in [1.165, 1.54) is 6.07 Å². The summed E-state index contributed by atoms with van der Waals surface area (Å²) in [5, 5.41) is 16.5. The lowest BCUT2D eigenvalue weighted by atomic mass is 10.0. The smallest absolute Gasteiger partial charge is 0.272 e. The van der Waals surface area contributed by atoms with Crippen molar-refractivity contribution in [3.63, 3.8) is 0 Å². The lowest BCUT2D eigenvalue weighted by molar-refractivity contribution is 0.0701. The van der Waals surface area contributed by atoms with Gasteiger partial charge in [-0.15, -0.1) is 16.1 Å². The molecule has 1 aliphatic heterocycles. The predicted octanol–water partition coefficient (Wildman–Crippen LogP) is 3.15. The van der Waals surface area contributed by atoms with Crippen LogP contribution in [0.2, 0.25) is 0 Å². The van der Waals surface area contributed by atoms with Crippen LogP contribution in [-0.4, -0.2) is 42.3 Å². The fraction of sp³-hybridized carbons (Fsp3) is 0.296. The van der Waals surface area contributed by atoms with Gasteiger partial charge < -0.3 is 9.47 Å². The van der Waals surface area contributed by atoms with Crippen LogP contribution in [0.4, 0.5) is 4.39 Å². The van der Waals surface area contributed by atoms with Crippen molar-refractivity contribution in [2.24, 2.45) is 0 Å². The summed E-state index contributed by atoms with van der Waals surface area (Å²) < 4.78 is 16.9. The average molecular weight is 483 g/mol. The molecule has 36 heavy (non-hydrogen) atoms. The lowest BCUT2D eigenvalue weighted by Gasteiger charge is -2.28. The van der Waals surface area contributed by atoms with Crippen LogP contribution in [0, 0.1) is 17.7 Å². The Hall–Kier alpha value is -4.32. The van der Waals surface area contributed by atoms with Gasteiger partial charge >= 0.3 is 0 Å². The fourth-order valence-corrected chi connectivity index (χ4v) is 4.78. The summed E-state index contributed by atoms with van der Waals surface area (Å²) in [6, 6.07) is 9.86. The van der Waals surface area contributed by atoms with Crippen molar-refractivity contribution >= 4 is 16.7 Å². The first-order valence-corrected chi connectivity index (χ1v) is 12.0. The SMILES string of the molecule is CC#Cc1ccc2c(=O)[nH]nc(Cc3ccc(F)c(C(=O)N4CCn5c(nnc5C5CC5)C4)c3)c2c1. The van der Waals surface area contributed by atoms with Gasteiger partial charge in [0.15, 0.2) is 5.82 Å². The van der Waals surface area contributed by atoms with Gasteiger partial charge in [-0.2, -0.15) is 5.10 Å². The first-order valence-electron chi connectivity index (χ1n) is 12.0. The van der Waals surface area contributed by atoms with E-state index in [2.05, 4.69) is 36.8 Å². The topological polar surface area (TPSA) is 96.8 Å². The van der Waals surface area contributed by atoms with E-state index in [0.29, 0.717) is 54.0 Å². The molecule has 0 radical (unpaired) electrons. The highest BCUT2D eigenvalue weighted by Crippen LogP contribution is 2.39. The number of amides is 1. The monoisotopic (exact) mass is 482 g/mol. The summed E-state index contributed by atoms with van der Waals surface area (Å²) in [5.41, 5.74) is 1.82. The number of benzene rings is 2. The third-order valence-electron chi connectivity index (χ3n) is 6.78. The van der Waals surface area contributed by atoms with Gasteiger partial charge in [0, 0.05) is 36.4 Å². The number of carbonyl (C=O) groups excluding carboxylic acids is 1. The Bertz CT molecular complexity index is 1640. The number of aromatic amines is 1. The Kier molecular flexibility index (Phi) is 5.37. The summed E-state index contributed by atoms with van der Waals surface area (Å²) in [5.74, 6) is 7.11. The molecule has 2 aromatic carbocycles. The molecule has 1 fully saturated rings. The molecule has 8 nitrogen and oxygen atoms in total. The minimum Gasteiger partial charge on any atom is -0.329 e. The molecule has 0 atom stereocenters.